The van der Waals surface area contributed by atoms with Gasteiger partial charge in [-0.1, -0.05) is 6.07 Å². The molecule has 0 radical (unpaired) electrons. The topological polar surface area (TPSA) is 80.2 Å². The Balaban J connectivity index is 1.53. The molecule has 2 heterocycles. The Kier molecular flexibility index (Phi) is 4.07. The van der Waals surface area contributed by atoms with Crippen LogP contribution in [-0.2, 0) is 9.59 Å². The Morgan fingerprint density at radius 1 is 1.24 bits per heavy atom. The van der Waals surface area contributed by atoms with Gasteiger partial charge in [0, 0.05) is 19.9 Å². The first kappa shape index (κ1) is 15.9. The average molecular weight is 343 g/mol. The van der Waals surface area contributed by atoms with Crippen molar-refractivity contribution >= 4 is 17.5 Å². The lowest BCUT2D eigenvalue weighted by Gasteiger charge is -2.24. The Morgan fingerprint density at radius 2 is 2.00 bits per heavy atom. The third-order valence-electron chi connectivity index (χ3n) is 4.77. The molecule has 1 N–H and O–H groups in total. The second kappa shape index (κ2) is 6.38. The van der Waals surface area contributed by atoms with Crippen LogP contribution in [0, 0.1) is 5.92 Å². The fraction of sp³-hybridized carbons (Fsp3) is 0.500. The lowest BCUT2D eigenvalue weighted by atomic mass is 10.0. The third-order valence-corrected chi connectivity index (χ3v) is 4.77. The minimum atomic E-state index is -0.203. The van der Waals surface area contributed by atoms with Crippen molar-refractivity contribution in [1.82, 2.24) is 10.3 Å². The molecule has 7 heteroatoms. The van der Waals surface area contributed by atoms with Crippen molar-refractivity contribution in [1.29, 1.82) is 0 Å². The number of rotatable bonds is 4. The molecule has 4 rings (SSSR count). The molecule has 0 saturated heterocycles. The number of carbonyl (C=O) groups excluding carboxylic acids is 2. The number of hydrogen-bond donors (Lipinski definition) is 1. The summed E-state index contributed by atoms with van der Waals surface area (Å²) in [6.45, 7) is 1.09. The molecule has 1 aromatic carbocycles. The van der Waals surface area contributed by atoms with Crippen LogP contribution in [-0.4, -0.2) is 42.8 Å². The Hall–Kier alpha value is -2.57. The normalized spacial score (nSPS) is 20.8. The van der Waals surface area contributed by atoms with E-state index >= 15 is 0 Å². The van der Waals surface area contributed by atoms with Crippen molar-refractivity contribution < 1.29 is 19.1 Å². The molecule has 7 nitrogen and oxygen atoms in total. The van der Waals surface area contributed by atoms with Crippen molar-refractivity contribution in [2.75, 3.05) is 20.3 Å². The molecule has 0 spiro atoms. The quantitative estimate of drug-likeness (QED) is 0.901. The lowest BCUT2D eigenvalue weighted by molar-refractivity contribution is -0.130. The maximum atomic E-state index is 12.6. The van der Waals surface area contributed by atoms with Crippen LogP contribution in [0.1, 0.15) is 37.3 Å². The monoisotopic (exact) mass is 343 g/mol. The number of hydrogen-bond acceptors (Lipinski definition) is 5. The number of ether oxygens (including phenoxy) is 2. The molecule has 2 amide bonds. The molecule has 132 valence electrons. The zero-order valence-corrected chi connectivity index (χ0v) is 14.2. The molecule has 1 atom stereocenters. The summed E-state index contributed by atoms with van der Waals surface area (Å²) >= 11 is 0. The van der Waals surface area contributed by atoms with Crippen molar-refractivity contribution in [2.45, 2.75) is 31.7 Å². The van der Waals surface area contributed by atoms with Crippen molar-refractivity contribution in [3.63, 3.8) is 0 Å². The highest BCUT2D eigenvalue weighted by molar-refractivity contribution is 6.39. The van der Waals surface area contributed by atoms with Gasteiger partial charge in [0.15, 0.2) is 11.5 Å². The molecule has 1 aliphatic carbocycles. The number of nitrogens with zero attached hydrogens (tertiary/aromatic N) is 2. The van der Waals surface area contributed by atoms with Crippen LogP contribution in [0.2, 0.25) is 0 Å². The van der Waals surface area contributed by atoms with Crippen molar-refractivity contribution in [2.24, 2.45) is 11.0 Å². The van der Waals surface area contributed by atoms with Gasteiger partial charge in [0.2, 0.25) is 5.91 Å². The van der Waals surface area contributed by atoms with Crippen molar-refractivity contribution in [3.05, 3.63) is 23.8 Å². The first-order valence-electron chi connectivity index (χ1n) is 8.66. The van der Waals surface area contributed by atoms with Crippen molar-refractivity contribution in [3.8, 4) is 11.5 Å². The highest BCUT2D eigenvalue weighted by Gasteiger charge is 2.35. The minimum absolute atomic E-state index is 0.0675. The van der Waals surface area contributed by atoms with Crippen LogP contribution >= 0.6 is 0 Å². The number of nitrogens with one attached hydrogen (secondary N) is 1. The predicted molar refractivity (Wildman–Crippen MR) is 90.5 cm³/mol. The van der Waals surface area contributed by atoms with E-state index in [1.807, 2.05) is 18.2 Å². The summed E-state index contributed by atoms with van der Waals surface area (Å²) in [5.41, 5.74) is 1.42. The third kappa shape index (κ3) is 3.31. The molecule has 25 heavy (non-hydrogen) atoms. The van der Waals surface area contributed by atoms with Gasteiger partial charge in [0.05, 0.1) is 6.04 Å². The van der Waals surface area contributed by atoms with E-state index in [0.717, 1.165) is 29.9 Å². The molecule has 0 bridgehead atoms. The van der Waals surface area contributed by atoms with Gasteiger partial charge in [-0.25, -0.2) is 5.01 Å². The highest BCUT2D eigenvalue weighted by Crippen LogP contribution is 2.43. The number of carbonyl (C=O) groups is 2. The molecule has 1 fully saturated rings. The van der Waals surface area contributed by atoms with Crippen LogP contribution in [0.5, 0.6) is 11.5 Å². The molecule has 1 saturated carbocycles. The van der Waals surface area contributed by atoms with E-state index in [-0.39, 0.29) is 17.9 Å². The summed E-state index contributed by atoms with van der Waals surface area (Å²) in [7, 11) is 1.58. The SMILES string of the molecule is CN1N=C(C(=O)NC(c2ccc3c(c2)OCCO3)C2CC2)CCC1=O. The Bertz CT molecular complexity index is 742. The van der Waals surface area contributed by atoms with Crippen LogP contribution in [0.4, 0.5) is 0 Å². The maximum Gasteiger partial charge on any atom is 0.267 e. The molecule has 2 aliphatic heterocycles. The van der Waals surface area contributed by atoms with Gasteiger partial charge in [-0.15, -0.1) is 0 Å². The molecule has 1 aromatic rings. The first-order chi connectivity index (χ1) is 12.1. The summed E-state index contributed by atoms with van der Waals surface area (Å²) in [6, 6.07) is 5.76. The second-order valence-electron chi connectivity index (χ2n) is 6.66. The van der Waals surface area contributed by atoms with Gasteiger partial charge < -0.3 is 14.8 Å². The molecule has 0 aromatic heterocycles. The standard InChI is InChI=1S/C18H21N3O4/c1-21-16(22)7-5-13(20-21)18(23)19-17(11-2-3-11)12-4-6-14-15(10-12)25-9-8-24-14/h4,6,10-11,17H,2-3,5,7-9H2,1H3,(H,19,23). The Morgan fingerprint density at radius 3 is 2.72 bits per heavy atom. The maximum absolute atomic E-state index is 12.6. The summed E-state index contributed by atoms with van der Waals surface area (Å²) in [4.78, 5) is 24.1. The zero-order valence-electron chi connectivity index (χ0n) is 14.2. The lowest BCUT2D eigenvalue weighted by Crippen LogP contribution is -2.39. The van der Waals surface area contributed by atoms with Crippen LogP contribution in [0.25, 0.3) is 0 Å². The van der Waals surface area contributed by atoms with E-state index in [1.165, 1.54) is 5.01 Å². The fourth-order valence-corrected chi connectivity index (χ4v) is 3.21. The predicted octanol–water partition coefficient (Wildman–Crippen LogP) is 1.63. The van der Waals surface area contributed by atoms with E-state index in [0.29, 0.717) is 37.7 Å². The van der Waals surface area contributed by atoms with E-state index < -0.39 is 0 Å². The number of benzene rings is 1. The molecule has 1 unspecified atom stereocenters. The van der Waals surface area contributed by atoms with Gasteiger partial charge >= 0.3 is 0 Å². The van der Waals surface area contributed by atoms with Gasteiger partial charge in [-0.05, 0) is 36.5 Å². The van der Waals surface area contributed by atoms with Gasteiger partial charge in [0.25, 0.3) is 5.91 Å². The van der Waals surface area contributed by atoms with Gasteiger partial charge in [-0.3, -0.25) is 9.59 Å². The number of amides is 2. The zero-order chi connectivity index (χ0) is 17.4. The first-order valence-corrected chi connectivity index (χ1v) is 8.66. The number of hydrazone groups is 1. The van der Waals surface area contributed by atoms with Crippen LogP contribution in [0.15, 0.2) is 23.3 Å². The summed E-state index contributed by atoms with van der Waals surface area (Å²) in [5.74, 6) is 1.62. The van der Waals surface area contributed by atoms with E-state index in [4.69, 9.17) is 9.47 Å². The highest BCUT2D eigenvalue weighted by atomic mass is 16.6. The minimum Gasteiger partial charge on any atom is -0.486 e. The second-order valence-corrected chi connectivity index (χ2v) is 6.66. The number of fused-ring (bicyclic) bond motifs is 1. The van der Waals surface area contributed by atoms with E-state index in [1.54, 1.807) is 7.05 Å². The molecular formula is C18H21N3O4. The smallest absolute Gasteiger partial charge is 0.267 e. The van der Waals surface area contributed by atoms with Crippen LogP contribution < -0.4 is 14.8 Å². The summed E-state index contributed by atoms with van der Waals surface area (Å²) in [6.07, 6.45) is 2.88. The summed E-state index contributed by atoms with van der Waals surface area (Å²) < 4.78 is 11.2. The fourth-order valence-electron chi connectivity index (χ4n) is 3.21. The van der Waals surface area contributed by atoms with E-state index in [9.17, 15) is 9.59 Å². The summed E-state index contributed by atoms with van der Waals surface area (Å²) in [5, 5.41) is 8.45. The average Bonchev–Trinajstić information content (AvgIpc) is 3.46. The van der Waals surface area contributed by atoms with E-state index in [2.05, 4.69) is 10.4 Å². The van der Waals surface area contributed by atoms with Gasteiger partial charge in [0.1, 0.15) is 18.9 Å². The molecule has 3 aliphatic rings. The van der Waals surface area contributed by atoms with Crippen LogP contribution in [0.3, 0.4) is 0 Å². The largest absolute Gasteiger partial charge is 0.486 e. The molecular weight excluding hydrogens is 322 g/mol. The Labute approximate surface area is 146 Å². The van der Waals surface area contributed by atoms with Gasteiger partial charge in [-0.2, -0.15) is 5.10 Å².